The molecule has 3 nitrogen and oxygen atoms in total. The predicted molar refractivity (Wildman–Crippen MR) is 95.3 cm³/mol. The van der Waals surface area contributed by atoms with E-state index in [1.165, 1.54) is 5.56 Å². The summed E-state index contributed by atoms with van der Waals surface area (Å²) in [5, 5.41) is 3.29. The Morgan fingerprint density at radius 2 is 1.75 bits per heavy atom. The van der Waals surface area contributed by atoms with Crippen molar-refractivity contribution in [2.75, 3.05) is 0 Å². The largest absolute Gasteiger partial charge is 0.349 e. The van der Waals surface area contributed by atoms with Gasteiger partial charge in [-0.3, -0.25) is 9.59 Å². The van der Waals surface area contributed by atoms with Gasteiger partial charge in [0.2, 0.25) is 5.91 Å². The Morgan fingerprint density at radius 3 is 2.33 bits per heavy atom. The fourth-order valence-corrected chi connectivity index (χ4v) is 4.42. The van der Waals surface area contributed by atoms with Gasteiger partial charge in [-0.15, -0.1) is 0 Å². The summed E-state index contributed by atoms with van der Waals surface area (Å²) < 4.78 is 0. The summed E-state index contributed by atoms with van der Waals surface area (Å²) in [6.07, 6.45) is 5.55. The molecule has 2 aliphatic rings. The number of carbonyl (C=O) groups excluding carboxylic acids is 2. The quantitative estimate of drug-likeness (QED) is 0.877. The summed E-state index contributed by atoms with van der Waals surface area (Å²) in [5.41, 5.74) is 1.17. The van der Waals surface area contributed by atoms with Crippen molar-refractivity contribution in [2.45, 2.75) is 58.4 Å². The number of Topliss-reactive ketones (excluding diaryl/α,β-unsaturated/α-hetero) is 1. The van der Waals surface area contributed by atoms with Crippen LogP contribution in [0.1, 0.15) is 64.0 Å². The summed E-state index contributed by atoms with van der Waals surface area (Å²) in [5.74, 6) is 1.36. The van der Waals surface area contributed by atoms with E-state index in [-0.39, 0.29) is 29.7 Å². The van der Waals surface area contributed by atoms with E-state index in [0.29, 0.717) is 11.7 Å². The first-order valence-electron chi connectivity index (χ1n) is 9.43. The van der Waals surface area contributed by atoms with Gasteiger partial charge in [-0.2, -0.15) is 0 Å². The fourth-order valence-electron chi connectivity index (χ4n) is 4.42. The van der Waals surface area contributed by atoms with Crippen LogP contribution >= 0.6 is 0 Å². The van der Waals surface area contributed by atoms with Gasteiger partial charge in [0.25, 0.3) is 0 Å². The fraction of sp³-hybridized carbons (Fsp3) is 0.619. The van der Waals surface area contributed by atoms with Crippen LogP contribution in [-0.2, 0) is 9.59 Å². The first kappa shape index (κ1) is 17.2. The van der Waals surface area contributed by atoms with Gasteiger partial charge in [0.1, 0.15) is 5.78 Å². The van der Waals surface area contributed by atoms with Gasteiger partial charge in [0.05, 0.1) is 6.04 Å². The molecule has 1 aromatic carbocycles. The van der Waals surface area contributed by atoms with Crippen LogP contribution < -0.4 is 5.32 Å². The molecule has 1 aromatic rings. The van der Waals surface area contributed by atoms with E-state index in [1.807, 2.05) is 18.2 Å². The molecule has 2 fully saturated rings. The van der Waals surface area contributed by atoms with E-state index in [9.17, 15) is 9.59 Å². The molecule has 0 heterocycles. The number of carbonyl (C=O) groups is 2. The number of ketones is 1. The second kappa shape index (κ2) is 7.50. The Labute approximate surface area is 145 Å². The second-order valence-electron chi connectivity index (χ2n) is 8.00. The standard InChI is InChI=1S/C21H29NO2/c1-14(2)11-19(15-7-4-3-5-8-15)22-21(24)18-12-16-9-6-10-17(13-18)20(16)23/h3-5,7-8,14,16-19H,6,9-13H2,1-2H3,(H,22,24)/t16-,17+,18?,19-/m0/s1. The second-order valence-corrected chi connectivity index (χ2v) is 8.00. The van der Waals surface area contributed by atoms with Crippen LogP contribution in [0.4, 0.5) is 0 Å². The molecule has 1 amide bonds. The molecular weight excluding hydrogens is 298 g/mol. The summed E-state index contributed by atoms with van der Waals surface area (Å²) in [6, 6.07) is 10.3. The first-order chi connectivity index (χ1) is 11.5. The lowest BCUT2D eigenvalue weighted by Crippen LogP contribution is -2.43. The van der Waals surface area contributed by atoms with Crippen molar-refractivity contribution in [3.63, 3.8) is 0 Å². The van der Waals surface area contributed by atoms with Crippen molar-refractivity contribution in [1.82, 2.24) is 5.32 Å². The number of nitrogens with one attached hydrogen (secondary N) is 1. The Balaban J connectivity index is 1.68. The van der Waals surface area contributed by atoms with Gasteiger partial charge in [0.15, 0.2) is 0 Å². The predicted octanol–water partition coefficient (Wildman–Crippen LogP) is 4.29. The topological polar surface area (TPSA) is 46.2 Å². The maximum atomic E-state index is 12.9. The molecule has 0 saturated heterocycles. The van der Waals surface area contributed by atoms with Crippen LogP contribution in [0.3, 0.4) is 0 Å². The van der Waals surface area contributed by atoms with Crippen molar-refractivity contribution in [3.05, 3.63) is 35.9 Å². The van der Waals surface area contributed by atoms with E-state index >= 15 is 0 Å². The van der Waals surface area contributed by atoms with E-state index in [2.05, 4.69) is 31.3 Å². The average molecular weight is 327 g/mol. The molecule has 2 aliphatic carbocycles. The monoisotopic (exact) mass is 327 g/mol. The Morgan fingerprint density at radius 1 is 1.12 bits per heavy atom. The van der Waals surface area contributed by atoms with Crippen molar-refractivity contribution in [1.29, 1.82) is 0 Å². The first-order valence-corrected chi connectivity index (χ1v) is 9.43. The molecule has 0 radical (unpaired) electrons. The van der Waals surface area contributed by atoms with E-state index in [4.69, 9.17) is 0 Å². The summed E-state index contributed by atoms with van der Waals surface area (Å²) in [7, 11) is 0. The zero-order valence-electron chi connectivity index (χ0n) is 14.8. The zero-order valence-corrected chi connectivity index (χ0v) is 14.8. The van der Waals surface area contributed by atoms with Crippen LogP contribution in [0.5, 0.6) is 0 Å². The zero-order chi connectivity index (χ0) is 17.1. The van der Waals surface area contributed by atoms with Gasteiger partial charge in [-0.25, -0.2) is 0 Å². The SMILES string of the molecule is CC(C)C[C@H](NC(=O)C1C[C@H]2CCC[C@@H](C1)C2=O)c1ccccc1. The maximum absolute atomic E-state index is 12.9. The summed E-state index contributed by atoms with van der Waals surface area (Å²) >= 11 is 0. The smallest absolute Gasteiger partial charge is 0.223 e. The molecule has 0 spiro atoms. The molecule has 3 heteroatoms. The molecule has 1 N–H and O–H groups in total. The van der Waals surface area contributed by atoms with Crippen LogP contribution in [0.25, 0.3) is 0 Å². The third-order valence-electron chi connectivity index (χ3n) is 5.64. The van der Waals surface area contributed by atoms with Gasteiger partial charge in [-0.05, 0) is 43.6 Å². The Kier molecular flexibility index (Phi) is 5.37. The van der Waals surface area contributed by atoms with Gasteiger partial charge < -0.3 is 5.32 Å². The molecule has 130 valence electrons. The molecule has 0 aromatic heterocycles. The maximum Gasteiger partial charge on any atom is 0.223 e. The van der Waals surface area contributed by atoms with E-state index < -0.39 is 0 Å². The van der Waals surface area contributed by atoms with Gasteiger partial charge in [-0.1, -0.05) is 50.6 Å². The molecule has 2 saturated carbocycles. The normalized spacial score (nSPS) is 27.8. The van der Waals surface area contributed by atoms with Crippen molar-refractivity contribution >= 4 is 11.7 Å². The molecule has 2 bridgehead atoms. The number of rotatable bonds is 5. The third-order valence-corrected chi connectivity index (χ3v) is 5.64. The van der Waals surface area contributed by atoms with Crippen molar-refractivity contribution in [3.8, 4) is 0 Å². The lowest BCUT2D eigenvalue weighted by molar-refractivity contribution is -0.138. The molecule has 3 rings (SSSR count). The Bertz CT molecular complexity index is 565. The molecule has 24 heavy (non-hydrogen) atoms. The lowest BCUT2D eigenvalue weighted by Gasteiger charge is -2.37. The minimum atomic E-state index is 0.0105. The van der Waals surface area contributed by atoms with E-state index in [0.717, 1.165) is 38.5 Å². The van der Waals surface area contributed by atoms with Crippen LogP contribution in [0.15, 0.2) is 30.3 Å². The highest BCUT2D eigenvalue weighted by molar-refractivity contribution is 5.88. The lowest BCUT2D eigenvalue weighted by atomic mass is 9.67. The third kappa shape index (κ3) is 3.88. The summed E-state index contributed by atoms with van der Waals surface area (Å²) in [4.78, 5) is 25.1. The van der Waals surface area contributed by atoms with Crippen LogP contribution in [0, 0.1) is 23.7 Å². The van der Waals surface area contributed by atoms with Crippen LogP contribution in [-0.4, -0.2) is 11.7 Å². The highest BCUT2D eigenvalue weighted by Gasteiger charge is 2.41. The molecule has 0 aliphatic heterocycles. The minimum Gasteiger partial charge on any atom is -0.349 e. The minimum absolute atomic E-state index is 0.0105. The number of amides is 1. The average Bonchev–Trinajstić information content (AvgIpc) is 2.54. The highest BCUT2D eigenvalue weighted by Crippen LogP contribution is 2.40. The molecule has 1 unspecified atom stereocenters. The Hall–Kier alpha value is -1.64. The highest BCUT2D eigenvalue weighted by atomic mass is 16.2. The summed E-state index contributed by atoms with van der Waals surface area (Å²) in [6.45, 7) is 4.37. The number of benzene rings is 1. The van der Waals surface area contributed by atoms with Crippen molar-refractivity contribution in [2.24, 2.45) is 23.7 Å². The van der Waals surface area contributed by atoms with Crippen molar-refractivity contribution < 1.29 is 9.59 Å². The van der Waals surface area contributed by atoms with Gasteiger partial charge in [0, 0.05) is 17.8 Å². The number of hydrogen-bond acceptors (Lipinski definition) is 2. The molecular formula is C21H29NO2. The molecule has 4 atom stereocenters. The van der Waals surface area contributed by atoms with Gasteiger partial charge >= 0.3 is 0 Å². The number of fused-ring (bicyclic) bond motifs is 2. The van der Waals surface area contributed by atoms with E-state index in [1.54, 1.807) is 0 Å². The number of hydrogen-bond donors (Lipinski definition) is 1. The van der Waals surface area contributed by atoms with Crippen LogP contribution in [0.2, 0.25) is 0 Å².